The quantitative estimate of drug-likeness (QED) is 0.465. The van der Waals surface area contributed by atoms with Crippen molar-refractivity contribution in [2.45, 2.75) is 26.4 Å². The third-order valence-corrected chi connectivity index (χ3v) is 5.96. The maximum Gasteiger partial charge on any atom is 0.273 e. The van der Waals surface area contributed by atoms with Crippen molar-refractivity contribution in [2.75, 3.05) is 0 Å². The first-order valence-corrected chi connectivity index (χ1v) is 10.4. The third-order valence-electron chi connectivity index (χ3n) is 5.96. The molecule has 4 aromatic rings. The van der Waals surface area contributed by atoms with Gasteiger partial charge in [-0.3, -0.25) is 9.89 Å². The Balaban J connectivity index is 1.72. The number of amides is 1. The van der Waals surface area contributed by atoms with Gasteiger partial charge in [0.25, 0.3) is 5.91 Å². The molecule has 0 fully saturated rings. The summed E-state index contributed by atoms with van der Waals surface area (Å²) in [5.74, 6) is -0.564. The molecule has 0 saturated heterocycles. The van der Waals surface area contributed by atoms with E-state index in [-0.39, 0.29) is 11.7 Å². The number of aromatic hydroxyl groups is 1. The molecular weight excluding hydrogens is 405 g/mol. The molecule has 0 spiro atoms. The number of benzene rings is 3. The molecule has 5 rings (SSSR count). The molecule has 0 aliphatic carbocycles. The van der Waals surface area contributed by atoms with Crippen LogP contribution >= 0.6 is 0 Å². The minimum atomic E-state index is -0.673. The summed E-state index contributed by atoms with van der Waals surface area (Å²) in [5, 5.41) is 18.0. The van der Waals surface area contributed by atoms with Gasteiger partial charge in [-0.25, -0.2) is 4.39 Å². The van der Waals surface area contributed by atoms with Gasteiger partial charge in [-0.1, -0.05) is 54.6 Å². The number of hydrogen-bond acceptors (Lipinski definition) is 3. The van der Waals surface area contributed by atoms with E-state index in [2.05, 4.69) is 10.2 Å². The van der Waals surface area contributed by atoms with Crippen LogP contribution in [-0.2, 0) is 6.54 Å². The van der Waals surface area contributed by atoms with Crippen LogP contribution in [0.2, 0.25) is 0 Å². The summed E-state index contributed by atoms with van der Waals surface area (Å²) in [4.78, 5) is 15.1. The number of fused-ring (bicyclic) bond motifs is 1. The summed E-state index contributed by atoms with van der Waals surface area (Å²) in [6.45, 7) is 4.11. The van der Waals surface area contributed by atoms with E-state index in [1.807, 2.05) is 50.2 Å². The molecule has 6 heteroatoms. The van der Waals surface area contributed by atoms with Gasteiger partial charge in [0.2, 0.25) is 0 Å². The first kappa shape index (κ1) is 20.0. The van der Waals surface area contributed by atoms with Gasteiger partial charge in [0.1, 0.15) is 23.0 Å². The lowest BCUT2D eigenvalue weighted by molar-refractivity contribution is 0.0728. The number of carbonyl (C=O) groups excluding carboxylic acids is 1. The van der Waals surface area contributed by atoms with Gasteiger partial charge in [-0.15, -0.1) is 0 Å². The molecule has 1 atom stereocenters. The van der Waals surface area contributed by atoms with E-state index < -0.39 is 11.9 Å². The van der Waals surface area contributed by atoms with E-state index in [1.165, 1.54) is 6.07 Å². The molecule has 5 nitrogen and oxygen atoms in total. The Kier molecular flexibility index (Phi) is 4.78. The second-order valence-corrected chi connectivity index (χ2v) is 8.18. The predicted molar refractivity (Wildman–Crippen MR) is 120 cm³/mol. The Morgan fingerprint density at radius 1 is 1.06 bits per heavy atom. The van der Waals surface area contributed by atoms with E-state index in [4.69, 9.17) is 0 Å². The summed E-state index contributed by atoms with van der Waals surface area (Å²) < 4.78 is 15.0. The number of carbonyl (C=O) groups is 1. The summed E-state index contributed by atoms with van der Waals surface area (Å²) in [5.41, 5.74) is 5.00. The Labute approximate surface area is 185 Å². The zero-order chi connectivity index (χ0) is 22.4. The molecule has 3 aromatic carbocycles. The highest BCUT2D eigenvalue weighted by molar-refractivity contribution is 6.00. The standard InChI is InChI=1S/C26H22FN3O2/c1-15-12-16(2)21(20(31)13-15)23-22-24(29-28-23)26(32)30(14-17-8-4-3-5-9-17)25(22)18-10-6-7-11-19(18)27/h3-13,25,31H,14H2,1-2H3,(H,28,29). The van der Waals surface area contributed by atoms with Crippen molar-refractivity contribution in [1.29, 1.82) is 0 Å². The maximum atomic E-state index is 15.0. The van der Waals surface area contributed by atoms with Crippen molar-refractivity contribution in [3.05, 3.63) is 106 Å². The van der Waals surface area contributed by atoms with E-state index >= 15 is 4.39 Å². The van der Waals surface area contributed by atoms with Gasteiger partial charge in [0, 0.05) is 23.2 Å². The molecule has 0 radical (unpaired) electrons. The Morgan fingerprint density at radius 2 is 1.78 bits per heavy atom. The van der Waals surface area contributed by atoms with E-state index in [1.54, 1.807) is 29.2 Å². The molecule has 2 heterocycles. The fourth-order valence-corrected chi connectivity index (χ4v) is 4.60. The molecule has 1 amide bonds. The van der Waals surface area contributed by atoms with Crippen LogP contribution < -0.4 is 0 Å². The first-order valence-electron chi connectivity index (χ1n) is 10.4. The van der Waals surface area contributed by atoms with Crippen LogP contribution in [0.5, 0.6) is 5.75 Å². The molecule has 1 aromatic heterocycles. The number of aromatic amines is 1. The summed E-state index contributed by atoms with van der Waals surface area (Å²) >= 11 is 0. The van der Waals surface area contributed by atoms with Crippen LogP contribution in [0.1, 0.15) is 44.3 Å². The number of hydrogen-bond donors (Lipinski definition) is 2. The molecule has 160 valence electrons. The van der Waals surface area contributed by atoms with Gasteiger partial charge in [-0.05, 0) is 42.7 Å². The monoisotopic (exact) mass is 427 g/mol. The van der Waals surface area contributed by atoms with Crippen molar-refractivity contribution < 1.29 is 14.3 Å². The minimum Gasteiger partial charge on any atom is -0.507 e. The SMILES string of the molecule is Cc1cc(C)c(-c2n[nH]c3c2C(c2ccccc2F)N(Cc2ccccc2)C3=O)c(O)c1. The highest BCUT2D eigenvalue weighted by atomic mass is 19.1. The number of nitrogens with one attached hydrogen (secondary N) is 1. The predicted octanol–water partition coefficient (Wildman–Crippen LogP) is 5.28. The van der Waals surface area contributed by atoms with Crippen LogP contribution in [0, 0.1) is 19.7 Å². The van der Waals surface area contributed by atoms with Crippen molar-refractivity contribution in [1.82, 2.24) is 15.1 Å². The molecule has 1 aliphatic heterocycles. The van der Waals surface area contributed by atoms with Gasteiger partial charge in [0.05, 0.1) is 6.04 Å². The van der Waals surface area contributed by atoms with Crippen LogP contribution in [-0.4, -0.2) is 26.1 Å². The Bertz CT molecular complexity index is 1310. The number of aryl methyl sites for hydroxylation is 2. The Morgan fingerprint density at radius 3 is 2.50 bits per heavy atom. The highest BCUT2D eigenvalue weighted by Crippen LogP contribution is 2.46. The van der Waals surface area contributed by atoms with Crippen molar-refractivity contribution >= 4 is 5.91 Å². The summed E-state index contributed by atoms with van der Waals surface area (Å²) in [6.07, 6.45) is 0. The Hall–Kier alpha value is -3.93. The number of phenols is 1. The largest absolute Gasteiger partial charge is 0.507 e. The highest BCUT2D eigenvalue weighted by Gasteiger charge is 2.43. The van der Waals surface area contributed by atoms with Crippen molar-refractivity contribution in [2.24, 2.45) is 0 Å². The second-order valence-electron chi connectivity index (χ2n) is 8.18. The molecule has 32 heavy (non-hydrogen) atoms. The van der Waals surface area contributed by atoms with Crippen molar-refractivity contribution in [3.8, 4) is 17.0 Å². The second kappa shape index (κ2) is 7.64. The fourth-order valence-electron chi connectivity index (χ4n) is 4.60. The number of rotatable bonds is 4. The number of H-pyrrole nitrogens is 1. The van der Waals surface area contributed by atoms with Crippen molar-refractivity contribution in [3.63, 3.8) is 0 Å². The fraction of sp³-hybridized carbons (Fsp3) is 0.154. The summed E-state index contributed by atoms with van der Waals surface area (Å²) in [7, 11) is 0. The van der Waals surface area contributed by atoms with E-state index in [0.29, 0.717) is 34.6 Å². The molecular formula is C26H22FN3O2. The van der Waals surface area contributed by atoms with Crippen LogP contribution in [0.15, 0.2) is 66.7 Å². The molecule has 0 bridgehead atoms. The van der Waals surface area contributed by atoms with E-state index in [0.717, 1.165) is 16.7 Å². The lowest BCUT2D eigenvalue weighted by Crippen LogP contribution is -2.29. The van der Waals surface area contributed by atoms with Gasteiger partial charge in [0.15, 0.2) is 0 Å². The van der Waals surface area contributed by atoms with Crippen LogP contribution in [0.3, 0.4) is 0 Å². The first-order chi connectivity index (χ1) is 15.5. The smallest absolute Gasteiger partial charge is 0.273 e. The van der Waals surface area contributed by atoms with E-state index in [9.17, 15) is 9.90 Å². The maximum absolute atomic E-state index is 15.0. The third kappa shape index (κ3) is 3.15. The molecule has 1 unspecified atom stereocenters. The average molecular weight is 427 g/mol. The molecule has 1 aliphatic rings. The zero-order valence-corrected chi connectivity index (χ0v) is 17.8. The zero-order valence-electron chi connectivity index (χ0n) is 17.8. The number of phenolic OH excluding ortho intramolecular Hbond substituents is 1. The van der Waals surface area contributed by atoms with Crippen LogP contribution in [0.4, 0.5) is 4.39 Å². The van der Waals surface area contributed by atoms with Crippen LogP contribution in [0.25, 0.3) is 11.3 Å². The molecule has 2 N–H and O–H groups in total. The number of nitrogens with zero attached hydrogens (tertiary/aromatic N) is 2. The van der Waals surface area contributed by atoms with Gasteiger partial charge in [-0.2, -0.15) is 5.10 Å². The van der Waals surface area contributed by atoms with Gasteiger partial charge >= 0.3 is 0 Å². The van der Waals surface area contributed by atoms with Gasteiger partial charge < -0.3 is 10.0 Å². The molecule has 0 saturated carbocycles. The normalized spacial score (nSPS) is 15.3. The number of halogens is 1. The summed E-state index contributed by atoms with van der Waals surface area (Å²) in [6, 6.07) is 19.0. The number of aromatic nitrogens is 2. The lowest BCUT2D eigenvalue weighted by atomic mass is 9.93. The topological polar surface area (TPSA) is 69.2 Å². The minimum absolute atomic E-state index is 0.0815. The lowest BCUT2D eigenvalue weighted by Gasteiger charge is -2.27. The average Bonchev–Trinajstić information content (AvgIpc) is 3.29.